The van der Waals surface area contributed by atoms with Crippen LogP contribution in [0.15, 0.2) is 60.7 Å². The van der Waals surface area contributed by atoms with Gasteiger partial charge < -0.3 is 14.9 Å². The number of aromatic amines is 1. The first-order chi connectivity index (χ1) is 18.4. The number of likely N-dealkylation sites (N-methyl/N-ethyl adjacent to an activating group) is 1. The van der Waals surface area contributed by atoms with E-state index >= 15 is 0 Å². The molecule has 0 unspecified atom stereocenters. The van der Waals surface area contributed by atoms with Crippen LogP contribution in [0.4, 0.5) is 0 Å². The van der Waals surface area contributed by atoms with Crippen molar-refractivity contribution in [2.24, 2.45) is 0 Å². The largest absolute Gasteiger partial charge is 0.508 e. The molecule has 9 nitrogen and oxygen atoms in total. The number of hydrogen-bond acceptors (Lipinski definition) is 6. The van der Waals surface area contributed by atoms with E-state index in [2.05, 4.69) is 15.1 Å². The number of piperazine rings is 1. The summed E-state index contributed by atoms with van der Waals surface area (Å²) in [7, 11) is 3.49. The maximum absolute atomic E-state index is 13.9. The number of nitrogens with zero attached hydrogens (tertiary/aromatic N) is 5. The number of phenolic OH excluding ortho intramolecular Hbond substituents is 1. The van der Waals surface area contributed by atoms with Crippen LogP contribution in [-0.2, 0) is 4.79 Å². The Labute approximate surface area is 221 Å². The Morgan fingerprint density at radius 3 is 2.39 bits per heavy atom. The molecule has 0 bridgehead atoms. The molecule has 0 aliphatic carbocycles. The van der Waals surface area contributed by atoms with Gasteiger partial charge in [-0.2, -0.15) is 5.10 Å². The number of carbonyl (C=O) groups is 2. The van der Waals surface area contributed by atoms with Crippen LogP contribution in [0.3, 0.4) is 0 Å². The summed E-state index contributed by atoms with van der Waals surface area (Å²) in [5, 5.41) is 17.9. The summed E-state index contributed by atoms with van der Waals surface area (Å²) in [6.07, 6.45) is 3.84. The van der Waals surface area contributed by atoms with Crippen molar-refractivity contribution in [1.29, 1.82) is 0 Å². The third kappa shape index (κ3) is 5.42. The van der Waals surface area contributed by atoms with E-state index in [0.29, 0.717) is 60.7 Å². The molecule has 0 atom stereocenters. The molecular formula is C29H30N6O3. The second-order valence-electron chi connectivity index (χ2n) is 9.53. The van der Waals surface area contributed by atoms with Crippen LogP contribution < -0.4 is 0 Å². The van der Waals surface area contributed by atoms with Crippen LogP contribution in [-0.4, -0.2) is 93.6 Å². The highest BCUT2D eigenvalue weighted by molar-refractivity contribution is 6.09. The number of pyridine rings is 1. The number of fused-ring (bicyclic) bond motifs is 1. The van der Waals surface area contributed by atoms with Gasteiger partial charge in [-0.1, -0.05) is 36.4 Å². The summed E-state index contributed by atoms with van der Waals surface area (Å²) in [4.78, 5) is 36.3. The molecule has 2 amide bonds. The number of rotatable bonds is 6. The van der Waals surface area contributed by atoms with Gasteiger partial charge in [0.1, 0.15) is 5.75 Å². The molecule has 0 spiro atoms. The van der Waals surface area contributed by atoms with E-state index in [-0.39, 0.29) is 17.6 Å². The second kappa shape index (κ2) is 10.9. The standard InChI is InChI=1S/C29H30N6O3/c1-33(2)26(37)19-34-14-16-35(17-15-34)29(38)23-18-25(21-9-11-22(36)12-10-21)30-28-27(23)24(31-32-28)13-8-20-6-4-3-5-7-20/h3-13,18,36H,14-17,19H2,1-2H3,(H,30,31,32)/b13-8+. The van der Waals surface area contributed by atoms with Crippen molar-refractivity contribution >= 4 is 35.0 Å². The zero-order valence-corrected chi connectivity index (χ0v) is 21.5. The number of phenols is 1. The lowest BCUT2D eigenvalue weighted by atomic mass is 10.0. The van der Waals surface area contributed by atoms with Gasteiger partial charge in [-0.3, -0.25) is 19.6 Å². The normalized spacial score (nSPS) is 14.3. The molecule has 5 rings (SSSR count). The van der Waals surface area contributed by atoms with Crippen molar-refractivity contribution in [3.8, 4) is 17.0 Å². The molecule has 194 valence electrons. The minimum Gasteiger partial charge on any atom is -0.508 e. The maximum Gasteiger partial charge on any atom is 0.254 e. The van der Waals surface area contributed by atoms with Gasteiger partial charge in [0.05, 0.1) is 28.9 Å². The third-order valence-electron chi connectivity index (χ3n) is 6.70. The van der Waals surface area contributed by atoms with Crippen LogP contribution in [0.25, 0.3) is 34.4 Å². The summed E-state index contributed by atoms with van der Waals surface area (Å²) in [6.45, 7) is 2.62. The molecular weight excluding hydrogens is 480 g/mol. The van der Waals surface area contributed by atoms with Gasteiger partial charge in [0.25, 0.3) is 5.91 Å². The fourth-order valence-corrected chi connectivity index (χ4v) is 4.48. The second-order valence-corrected chi connectivity index (χ2v) is 9.53. The first kappa shape index (κ1) is 25.2. The predicted molar refractivity (Wildman–Crippen MR) is 147 cm³/mol. The van der Waals surface area contributed by atoms with Gasteiger partial charge in [0, 0.05) is 45.8 Å². The van der Waals surface area contributed by atoms with Crippen molar-refractivity contribution in [2.75, 3.05) is 46.8 Å². The van der Waals surface area contributed by atoms with Crippen LogP contribution in [0.2, 0.25) is 0 Å². The summed E-state index contributed by atoms with van der Waals surface area (Å²) in [6, 6.07) is 18.4. The topological polar surface area (TPSA) is 106 Å². The highest BCUT2D eigenvalue weighted by Gasteiger charge is 2.27. The Morgan fingerprint density at radius 2 is 1.71 bits per heavy atom. The third-order valence-corrected chi connectivity index (χ3v) is 6.70. The summed E-state index contributed by atoms with van der Waals surface area (Å²) in [5.41, 5.74) is 4.07. The van der Waals surface area contributed by atoms with Crippen molar-refractivity contribution < 1.29 is 14.7 Å². The monoisotopic (exact) mass is 510 g/mol. The number of nitrogens with one attached hydrogen (secondary N) is 1. The zero-order chi connectivity index (χ0) is 26.6. The van der Waals surface area contributed by atoms with E-state index in [1.54, 1.807) is 49.3 Å². The van der Waals surface area contributed by atoms with Crippen LogP contribution >= 0.6 is 0 Å². The Balaban J connectivity index is 1.48. The van der Waals surface area contributed by atoms with Gasteiger partial charge in [-0.05, 0) is 42.0 Å². The molecule has 3 heterocycles. The fraction of sp³-hybridized carbons (Fsp3) is 0.241. The van der Waals surface area contributed by atoms with E-state index < -0.39 is 0 Å². The SMILES string of the molecule is CN(C)C(=O)CN1CCN(C(=O)c2cc(-c3ccc(O)cc3)nc3[nH]nc(/C=C/c4ccccc4)c23)CC1. The van der Waals surface area contributed by atoms with Gasteiger partial charge in [0.15, 0.2) is 5.65 Å². The molecule has 0 saturated carbocycles. The van der Waals surface area contributed by atoms with Crippen LogP contribution in [0, 0.1) is 0 Å². The number of H-pyrrole nitrogens is 1. The molecule has 4 aromatic rings. The van der Waals surface area contributed by atoms with E-state index in [0.717, 1.165) is 11.1 Å². The number of aromatic nitrogens is 3. The number of carbonyl (C=O) groups excluding carboxylic acids is 2. The Kier molecular flexibility index (Phi) is 7.19. The number of aromatic hydroxyl groups is 1. The first-order valence-electron chi connectivity index (χ1n) is 12.5. The smallest absolute Gasteiger partial charge is 0.254 e. The van der Waals surface area contributed by atoms with Crippen molar-refractivity contribution in [3.05, 3.63) is 77.5 Å². The lowest BCUT2D eigenvalue weighted by molar-refractivity contribution is -0.130. The minimum absolute atomic E-state index is 0.0485. The Hall–Kier alpha value is -4.50. The molecule has 2 aromatic heterocycles. The molecule has 1 fully saturated rings. The van der Waals surface area contributed by atoms with E-state index in [1.807, 2.05) is 47.4 Å². The molecule has 1 saturated heterocycles. The van der Waals surface area contributed by atoms with Crippen molar-refractivity contribution in [1.82, 2.24) is 29.9 Å². The van der Waals surface area contributed by atoms with Gasteiger partial charge in [-0.25, -0.2) is 4.98 Å². The number of hydrogen-bond donors (Lipinski definition) is 2. The number of amides is 2. The lowest BCUT2D eigenvalue weighted by Gasteiger charge is -2.35. The summed E-state index contributed by atoms with van der Waals surface area (Å²) < 4.78 is 0. The fourth-order valence-electron chi connectivity index (χ4n) is 4.48. The van der Waals surface area contributed by atoms with Gasteiger partial charge in [-0.15, -0.1) is 0 Å². The van der Waals surface area contributed by atoms with Crippen molar-refractivity contribution in [3.63, 3.8) is 0 Å². The molecule has 38 heavy (non-hydrogen) atoms. The maximum atomic E-state index is 13.9. The Bertz CT molecular complexity index is 1470. The zero-order valence-electron chi connectivity index (χ0n) is 21.5. The Morgan fingerprint density at radius 1 is 1.00 bits per heavy atom. The molecule has 0 radical (unpaired) electrons. The highest BCUT2D eigenvalue weighted by Crippen LogP contribution is 2.29. The summed E-state index contributed by atoms with van der Waals surface area (Å²) in [5.74, 6) is 0.103. The quantitative estimate of drug-likeness (QED) is 0.412. The molecule has 1 aliphatic heterocycles. The van der Waals surface area contributed by atoms with E-state index in [4.69, 9.17) is 4.98 Å². The van der Waals surface area contributed by atoms with Crippen LogP contribution in [0.5, 0.6) is 5.75 Å². The van der Waals surface area contributed by atoms with Gasteiger partial charge in [0.2, 0.25) is 5.91 Å². The van der Waals surface area contributed by atoms with Gasteiger partial charge >= 0.3 is 0 Å². The van der Waals surface area contributed by atoms with Crippen LogP contribution in [0.1, 0.15) is 21.6 Å². The van der Waals surface area contributed by atoms with Crippen molar-refractivity contribution in [2.45, 2.75) is 0 Å². The highest BCUT2D eigenvalue weighted by atomic mass is 16.3. The molecule has 1 aliphatic rings. The predicted octanol–water partition coefficient (Wildman–Crippen LogP) is 3.35. The average molecular weight is 511 g/mol. The average Bonchev–Trinajstić information content (AvgIpc) is 3.35. The number of benzene rings is 2. The molecule has 2 aromatic carbocycles. The minimum atomic E-state index is -0.105. The first-order valence-corrected chi connectivity index (χ1v) is 12.5. The lowest BCUT2D eigenvalue weighted by Crippen LogP contribution is -2.51. The summed E-state index contributed by atoms with van der Waals surface area (Å²) >= 11 is 0. The van der Waals surface area contributed by atoms with E-state index in [9.17, 15) is 14.7 Å². The molecule has 9 heteroatoms. The molecule has 2 N–H and O–H groups in total. The van der Waals surface area contributed by atoms with E-state index in [1.165, 1.54) is 0 Å².